The van der Waals surface area contributed by atoms with Crippen LogP contribution in [0.2, 0.25) is 0 Å². The van der Waals surface area contributed by atoms with Gasteiger partial charge in [0.25, 0.3) is 5.91 Å². The average molecular weight is 532 g/mol. The Morgan fingerprint density at radius 1 is 0.919 bits per heavy atom. The maximum Gasteiger partial charge on any atom is 0.255 e. The third-order valence-corrected chi connectivity index (χ3v) is 8.42. The number of carbonyl (C=O) groups is 2. The summed E-state index contributed by atoms with van der Waals surface area (Å²) < 4.78 is 1.78. The molecule has 2 amide bonds. The SMILES string of the molecule is Cc1cc(C)c(NC(=O)[C@@H](C)Sc2nc3ccc(NC(=O)c4ccc(C(C)(C)C)cc4)cc3s2)c(C)c1. The van der Waals surface area contributed by atoms with Crippen LogP contribution in [0.3, 0.4) is 0 Å². The Balaban J connectivity index is 1.42. The van der Waals surface area contributed by atoms with Crippen LogP contribution in [0, 0.1) is 20.8 Å². The molecule has 0 saturated carbocycles. The molecule has 0 fully saturated rings. The molecule has 0 bridgehead atoms. The molecular weight excluding hydrogens is 498 g/mol. The normalized spacial score (nSPS) is 12.4. The summed E-state index contributed by atoms with van der Waals surface area (Å²) in [6, 6.07) is 17.6. The predicted octanol–water partition coefficient (Wildman–Crippen LogP) is 7.89. The number of amides is 2. The second-order valence-electron chi connectivity index (χ2n) is 10.5. The molecule has 0 spiro atoms. The van der Waals surface area contributed by atoms with Crippen LogP contribution in [0.5, 0.6) is 0 Å². The van der Waals surface area contributed by atoms with Crippen molar-refractivity contribution in [1.82, 2.24) is 4.98 Å². The fourth-order valence-electron chi connectivity index (χ4n) is 4.16. The number of anilines is 2. The number of thioether (sulfide) groups is 1. The smallest absolute Gasteiger partial charge is 0.255 e. The molecule has 0 aliphatic heterocycles. The van der Waals surface area contributed by atoms with Crippen molar-refractivity contribution in [2.75, 3.05) is 10.6 Å². The first kappa shape index (κ1) is 26.9. The lowest BCUT2D eigenvalue weighted by Gasteiger charge is -2.19. The van der Waals surface area contributed by atoms with Crippen molar-refractivity contribution in [3.05, 3.63) is 82.4 Å². The highest BCUT2D eigenvalue weighted by Gasteiger charge is 2.19. The summed E-state index contributed by atoms with van der Waals surface area (Å²) >= 11 is 2.96. The van der Waals surface area contributed by atoms with Crippen molar-refractivity contribution in [3.8, 4) is 0 Å². The van der Waals surface area contributed by atoms with Crippen LogP contribution in [0.15, 0.2) is 58.9 Å². The second kappa shape index (κ2) is 10.7. The lowest BCUT2D eigenvalue weighted by Crippen LogP contribution is -2.23. The lowest BCUT2D eigenvalue weighted by molar-refractivity contribution is -0.115. The highest BCUT2D eigenvalue weighted by Crippen LogP contribution is 2.34. The summed E-state index contributed by atoms with van der Waals surface area (Å²) in [5.74, 6) is -0.198. The number of hydrogen-bond acceptors (Lipinski definition) is 5. The van der Waals surface area contributed by atoms with E-state index in [-0.39, 0.29) is 22.5 Å². The topological polar surface area (TPSA) is 71.1 Å². The Morgan fingerprint density at radius 3 is 2.19 bits per heavy atom. The predicted molar refractivity (Wildman–Crippen MR) is 157 cm³/mol. The first-order chi connectivity index (χ1) is 17.4. The van der Waals surface area contributed by atoms with Crippen molar-refractivity contribution < 1.29 is 9.59 Å². The third kappa shape index (κ3) is 6.40. The van der Waals surface area contributed by atoms with Crippen LogP contribution in [0.1, 0.15) is 60.3 Å². The van der Waals surface area contributed by atoms with Gasteiger partial charge >= 0.3 is 0 Å². The van der Waals surface area contributed by atoms with Gasteiger partial charge in [-0.3, -0.25) is 9.59 Å². The van der Waals surface area contributed by atoms with Gasteiger partial charge in [0.05, 0.1) is 15.5 Å². The number of hydrogen-bond donors (Lipinski definition) is 2. The van der Waals surface area contributed by atoms with E-state index in [2.05, 4.69) is 55.4 Å². The molecule has 0 radical (unpaired) electrons. The number of nitrogens with zero attached hydrogens (tertiary/aromatic N) is 1. The van der Waals surface area contributed by atoms with Gasteiger partial charge in [-0.05, 0) is 80.1 Å². The maximum atomic E-state index is 12.9. The Hall–Kier alpha value is -3.16. The molecule has 7 heteroatoms. The minimum atomic E-state index is -0.309. The molecule has 1 aromatic heterocycles. The van der Waals surface area contributed by atoms with Crippen molar-refractivity contribution in [3.63, 3.8) is 0 Å². The highest BCUT2D eigenvalue weighted by atomic mass is 32.2. The Bertz CT molecular complexity index is 1440. The molecule has 0 aliphatic rings. The van der Waals surface area contributed by atoms with Gasteiger partial charge in [0.1, 0.15) is 0 Å². The fraction of sp³-hybridized carbons (Fsp3) is 0.300. The standard InChI is InChI=1S/C30H33N3O2S2/c1-17-14-18(2)26(19(3)15-17)33-27(34)20(4)36-29-32-24-13-12-23(16-25(24)37-29)31-28(35)21-8-10-22(11-9-21)30(5,6)7/h8-16,20H,1-7H3,(H,31,35)(H,33,34)/t20-/m1/s1. The van der Waals surface area contributed by atoms with Gasteiger partial charge in [-0.2, -0.15) is 0 Å². The molecule has 2 N–H and O–H groups in total. The molecule has 4 aromatic rings. The molecule has 0 unspecified atom stereocenters. The van der Waals surface area contributed by atoms with Gasteiger partial charge in [0.15, 0.2) is 4.34 Å². The van der Waals surface area contributed by atoms with Gasteiger partial charge in [-0.25, -0.2) is 4.98 Å². The van der Waals surface area contributed by atoms with E-state index in [9.17, 15) is 9.59 Å². The number of aryl methyl sites for hydroxylation is 3. The third-order valence-electron chi connectivity index (χ3n) is 6.21. The van der Waals surface area contributed by atoms with Crippen LogP contribution in [-0.2, 0) is 10.2 Å². The number of aromatic nitrogens is 1. The van der Waals surface area contributed by atoms with E-state index in [1.54, 1.807) is 0 Å². The summed E-state index contributed by atoms with van der Waals surface area (Å²) in [6.45, 7) is 14.4. The fourth-order valence-corrected chi connectivity index (χ4v) is 6.41. The van der Waals surface area contributed by atoms with Crippen molar-refractivity contribution in [2.45, 2.75) is 63.5 Å². The number of fused-ring (bicyclic) bond motifs is 1. The molecule has 1 heterocycles. The van der Waals surface area contributed by atoms with E-state index in [4.69, 9.17) is 0 Å². The van der Waals surface area contributed by atoms with Crippen molar-refractivity contribution >= 4 is 56.5 Å². The lowest BCUT2D eigenvalue weighted by atomic mass is 9.87. The molecule has 3 aromatic carbocycles. The summed E-state index contributed by atoms with van der Waals surface area (Å²) in [6.07, 6.45) is 0. The number of rotatable bonds is 6. The minimum Gasteiger partial charge on any atom is -0.325 e. The van der Waals surface area contributed by atoms with E-state index in [1.165, 1.54) is 34.2 Å². The largest absolute Gasteiger partial charge is 0.325 e. The number of thiazole rings is 1. The molecule has 5 nitrogen and oxygen atoms in total. The van der Waals surface area contributed by atoms with E-state index in [1.807, 2.05) is 63.2 Å². The number of nitrogens with one attached hydrogen (secondary N) is 2. The first-order valence-electron chi connectivity index (χ1n) is 12.3. The van der Waals surface area contributed by atoms with Gasteiger partial charge in [0, 0.05) is 16.9 Å². The van der Waals surface area contributed by atoms with E-state index < -0.39 is 0 Å². The molecule has 4 rings (SSSR count). The van der Waals surface area contributed by atoms with E-state index in [0.29, 0.717) is 11.3 Å². The highest BCUT2D eigenvalue weighted by molar-refractivity contribution is 8.02. The maximum absolute atomic E-state index is 12.9. The number of benzene rings is 3. The summed E-state index contributed by atoms with van der Waals surface area (Å²) in [7, 11) is 0. The zero-order valence-corrected chi connectivity index (χ0v) is 24.0. The molecule has 192 valence electrons. The zero-order valence-electron chi connectivity index (χ0n) is 22.4. The summed E-state index contributed by atoms with van der Waals surface area (Å²) in [5, 5.41) is 5.77. The van der Waals surface area contributed by atoms with Crippen molar-refractivity contribution in [1.29, 1.82) is 0 Å². The summed E-state index contributed by atoms with van der Waals surface area (Å²) in [4.78, 5) is 30.4. The second-order valence-corrected chi connectivity index (χ2v) is 13.1. The van der Waals surface area contributed by atoms with Crippen LogP contribution in [0.4, 0.5) is 11.4 Å². The van der Waals surface area contributed by atoms with Crippen molar-refractivity contribution in [2.24, 2.45) is 0 Å². The van der Waals surface area contributed by atoms with Crippen LogP contribution in [-0.4, -0.2) is 22.0 Å². The van der Waals surface area contributed by atoms with E-state index in [0.717, 1.165) is 31.4 Å². The quantitative estimate of drug-likeness (QED) is 0.248. The molecule has 1 atom stereocenters. The Kier molecular flexibility index (Phi) is 7.76. The van der Waals surface area contributed by atoms with Gasteiger partial charge in [0.2, 0.25) is 5.91 Å². The van der Waals surface area contributed by atoms with Crippen LogP contribution >= 0.6 is 23.1 Å². The van der Waals surface area contributed by atoms with Gasteiger partial charge < -0.3 is 10.6 Å². The monoisotopic (exact) mass is 531 g/mol. The molecule has 0 saturated heterocycles. The van der Waals surface area contributed by atoms with E-state index >= 15 is 0 Å². The first-order valence-corrected chi connectivity index (χ1v) is 14.0. The summed E-state index contributed by atoms with van der Waals surface area (Å²) in [5.41, 5.74) is 7.58. The Labute approximate surface area is 227 Å². The molecular formula is C30H33N3O2S2. The van der Waals surface area contributed by atoms with Crippen LogP contribution < -0.4 is 10.6 Å². The minimum absolute atomic E-state index is 0.0403. The van der Waals surface area contributed by atoms with Gasteiger partial charge in [-0.15, -0.1) is 11.3 Å². The Morgan fingerprint density at radius 2 is 1.57 bits per heavy atom. The van der Waals surface area contributed by atoms with Gasteiger partial charge in [-0.1, -0.05) is 62.4 Å². The van der Waals surface area contributed by atoms with Crippen LogP contribution in [0.25, 0.3) is 10.2 Å². The number of carbonyl (C=O) groups excluding carboxylic acids is 2. The molecule has 37 heavy (non-hydrogen) atoms. The average Bonchev–Trinajstić information content (AvgIpc) is 3.22. The zero-order chi connectivity index (χ0) is 26.9. The molecule has 0 aliphatic carbocycles.